The fourth-order valence-corrected chi connectivity index (χ4v) is 7.32. The topological polar surface area (TPSA) is 124 Å². The van der Waals surface area contributed by atoms with E-state index in [2.05, 4.69) is 16.4 Å². The van der Waals surface area contributed by atoms with E-state index in [0.717, 1.165) is 0 Å². The van der Waals surface area contributed by atoms with Gasteiger partial charge in [0.05, 0.1) is 13.2 Å². The van der Waals surface area contributed by atoms with E-state index in [0.29, 0.717) is 28.5 Å². The van der Waals surface area contributed by atoms with Gasteiger partial charge in [-0.1, -0.05) is 32.9 Å². The first-order valence-corrected chi connectivity index (χ1v) is 14.1. The molecule has 0 radical (unpaired) electrons. The van der Waals surface area contributed by atoms with Crippen LogP contribution in [0.5, 0.6) is 5.75 Å². The summed E-state index contributed by atoms with van der Waals surface area (Å²) in [6.45, 7) is 4.55. The van der Waals surface area contributed by atoms with E-state index in [1.54, 1.807) is 24.4 Å². The number of hydrogen-bond acceptors (Lipinski definition) is 6. The molecule has 1 aliphatic heterocycles. The van der Waals surface area contributed by atoms with Crippen molar-refractivity contribution in [3.05, 3.63) is 36.2 Å². The third-order valence-electron chi connectivity index (χ3n) is 9.19. The van der Waals surface area contributed by atoms with Gasteiger partial charge in [-0.2, -0.15) is 18.4 Å². The quantitative estimate of drug-likeness (QED) is 0.484. The van der Waals surface area contributed by atoms with Crippen LogP contribution >= 0.6 is 0 Å². The number of hydrogen-bond donors (Lipinski definition) is 2. The summed E-state index contributed by atoms with van der Waals surface area (Å²) in [7, 11) is 1.47. The van der Waals surface area contributed by atoms with Crippen LogP contribution in [0.15, 0.2) is 30.6 Å². The van der Waals surface area contributed by atoms with Gasteiger partial charge in [-0.05, 0) is 48.0 Å². The molecule has 3 fully saturated rings. The van der Waals surface area contributed by atoms with Gasteiger partial charge < -0.3 is 20.3 Å². The number of nitriles is 1. The lowest BCUT2D eigenvalue weighted by Gasteiger charge is -2.37. The normalized spacial score (nSPS) is 27.7. The average molecular weight is 604 g/mol. The molecule has 3 aliphatic rings. The minimum absolute atomic E-state index is 0.0325. The molecule has 230 valence electrons. The van der Waals surface area contributed by atoms with E-state index >= 15 is 4.39 Å². The second kappa shape index (κ2) is 11.0. The molecule has 2 bridgehead atoms. The van der Waals surface area contributed by atoms with Crippen LogP contribution in [-0.2, 0) is 14.4 Å². The Labute approximate surface area is 245 Å². The minimum atomic E-state index is -5.23. The molecule has 8 atom stereocenters. The fraction of sp³-hybridized carbons (Fsp3) is 0.567. The lowest BCUT2D eigenvalue weighted by molar-refractivity contribution is -0.176. The van der Waals surface area contributed by atoms with Crippen molar-refractivity contribution in [1.29, 1.82) is 5.26 Å². The standard InChI is InChI=1S/C30H33F4N5O4/c1-29(2,3)25(38-28(42)30(32,33)34)27(41)39-13-18-15-8-16(19(31)9-15)23(18)24(39)26(40)37-20(10-35)17-12-36-11-14-6-5-7-21(43-4)22(14)17/h5-7,11-12,15-16,18-20,23-25H,8-9,13H2,1-4H3,(H,37,40)(H,38,42)/t15-,16+,18+,19+,20-,23-,24-,25+/m0/s1. The van der Waals surface area contributed by atoms with Gasteiger partial charge >= 0.3 is 12.1 Å². The summed E-state index contributed by atoms with van der Waals surface area (Å²) in [6, 6.07) is 3.18. The highest BCUT2D eigenvalue weighted by molar-refractivity contribution is 5.95. The smallest absolute Gasteiger partial charge is 0.471 e. The van der Waals surface area contributed by atoms with Crippen molar-refractivity contribution in [3.63, 3.8) is 0 Å². The van der Waals surface area contributed by atoms with Crippen molar-refractivity contribution in [2.75, 3.05) is 13.7 Å². The van der Waals surface area contributed by atoms with Crippen molar-refractivity contribution in [2.24, 2.45) is 29.1 Å². The Morgan fingerprint density at radius 3 is 2.47 bits per heavy atom. The molecular weight excluding hydrogens is 570 g/mol. The van der Waals surface area contributed by atoms with Crippen molar-refractivity contribution in [1.82, 2.24) is 20.5 Å². The second-order valence-corrected chi connectivity index (χ2v) is 12.7. The number of aromatic nitrogens is 1. The number of amides is 3. The number of ether oxygens (including phenoxy) is 1. The predicted molar refractivity (Wildman–Crippen MR) is 146 cm³/mol. The number of halogens is 4. The molecular formula is C30H33F4N5O4. The molecule has 5 rings (SSSR count). The van der Waals surface area contributed by atoms with Gasteiger partial charge in [0, 0.05) is 35.3 Å². The number of pyridine rings is 1. The van der Waals surface area contributed by atoms with Crippen LogP contribution in [0.2, 0.25) is 0 Å². The molecule has 1 aromatic heterocycles. The number of nitrogens with zero attached hydrogens (tertiary/aromatic N) is 3. The van der Waals surface area contributed by atoms with Gasteiger partial charge in [0.15, 0.2) is 0 Å². The molecule has 2 heterocycles. The molecule has 2 saturated carbocycles. The summed E-state index contributed by atoms with van der Waals surface area (Å²) in [5, 5.41) is 15.9. The largest absolute Gasteiger partial charge is 0.496 e. The highest BCUT2D eigenvalue weighted by Crippen LogP contribution is 2.58. The van der Waals surface area contributed by atoms with Crippen molar-refractivity contribution < 1.29 is 36.7 Å². The molecule has 3 amide bonds. The molecule has 2 aromatic rings. The molecule has 0 unspecified atom stereocenters. The first kappa shape index (κ1) is 30.5. The summed E-state index contributed by atoms with van der Waals surface area (Å²) in [5.41, 5.74) is -0.807. The Hall–Kier alpha value is -3.95. The number of rotatable bonds is 6. The zero-order valence-corrected chi connectivity index (χ0v) is 24.1. The zero-order chi connectivity index (χ0) is 31.4. The van der Waals surface area contributed by atoms with Gasteiger partial charge in [0.1, 0.15) is 30.0 Å². The number of benzene rings is 1. The number of carbonyl (C=O) groups is 3. The van der Waals surface area contributed by atoms with Crippen LogP contribution in [0.25, 0.3) is 10.8 Å². The maximum Gasteiger partial charge on any atom is 0.471 e. The molecule has 9 nitrogen and oxygen atoms in total. The van der Waals surface area contributed by atoms with Gasteiger partial charge in [-0.3, -0.25) is 19.4 Å². The zero-order valence-electron chi connectivity index (χ0n) is 24.1. The van der Waals surface area contributed by atoms with Crippen molar-refractivity contribution in [3.8, 4) is 11.8 Å². The monoisotopic (exact) mass is 603 g/mol. The van der Waals surface area contributed by atoms with Crippen LogP contribution in [-0.4, -0.2) is 65.7 Å². The second-order valence-electron chi connectivity index (χ2n) is 12.7. The highest BCUT2D eigenvalue weighted by atomic mass is 19.4. The molecule has 2 N–H and O–H groups in total. The third kappa shape index (κ3) is 5.36. The average Bonchev–Trinajstić information content (AvgIpc) is 3.62. The summed E-state index contributed by atoms with van der Waals surface area (Å²) in [4.78, 5) is 45.4. The highest BCUT2D eigenvalue weighted by Gasteiger charge is 2.63. The number of alkyl halides is 4. The maximum absolute atomic E-state index is 15.0. The Morgan fingerprint density at radius 2 is 1.84 bits per heavy atom. The van der Waals surface area contributed by atoms with Crippen LogP contribution in [0, 0.1) is 40.4 Å². The lowest BCUT2D eigenvalue weighted by atomic mass is 9.77. The Balaban J connectivity index is 1.51. The maximum atomic E-state index is 15.0. The fourth-order valence-electron chi connectivity index (χ4n) is 7.32. The Bertz CT molecular complexity index is 1480. The first-order chi connectivity index (χ1) is 20.2. The summed E-state index contributed by atoms with van der Waals surface area (Å²) < 4.78 is 60.1. The number of fused-ring (bicyclic) bond motifs is 6. The molecule has 1 saturated heterocycles. The van der Waals surface area contributed by atoms with E-state index in [1.165, 1.54) is 39.0 Å². The van der Waals surface area contributed by atoms with E-state index in [-0.39, 0.29) is 24.8 Å². The number of likely N-dealkylation sites (tertiary alicyclic amines) is 1. The minimum Gasteiger partial charge on any atom is -0.496 e. The van der Waals surface area contributed by atoms with E-state index in [1.807, 2.05) is 5.32 Å². The molecule has 0 spiro atoms. The van der Waals surface area contributed by atoms with Gasteiger partial charge in [0.2, 0.25) is 11.8 Å². The first-order valence-electron chi connectivity index (χ1n) is 14.1. The summed E-state index contributed by atoms with van der Waals surface area (Å²) in [6.07, 6.45) is -2.57. The number of nitrogens with one attached hydrogen (secondary N) is 2. The van der Waals surface area contributed by atoms with Gasteiger partial charge in [-0.25, -0.2) is 4.39 Å². The molecule has 2 aliphatic carbocycles. The predicted octanol–water partition coefficient (Wildman–Crippen LogP) is 3.84. The Morgan fingerprint density at radius 1 is 1.12 bits per heavy atom. The van der Waals surface area contributed by atoms with Gasteiger partial charge in [0.25, 0.3) is 0 Å². The van der Waals surface area contributed by atoms with Crippen LogP contribution in [0.3, 0.4) is 0 Å². The SMILES string of the molecule is COc1cccc2cncc([C@H](C#N)NC(=O)[C@@H]3[C@@H]4[C@H](CN3C(=O)[C@@H](NC(=O)C(F)(F)F)C(C)(C)C)[C@H]3C[C@@H]4[C@H](F)C3)c12. The summed E-state index contributed by atoms with van der Waals surface area (Å²) >= 11 is 0. The summed E-state index contributed by atoms with van der Waals surface area (Å²) in [5.74, 6) is -4.84. The van der Waals surface area contributed by atoms with Crippen molar-refractivity contribution in [2.45, 2.75) is 64.1 Å². The van der Waals surface area contributed by atoms with E-state index < -0.39 is 65.4 Å². The Kier molecular flexibility index (Phi) is 7.77. The number of carbonyl (C=O) groups excluding carboxylic acids is 3. The third-order valence-corrected chi connectivity index (χ3v) is 9.19. The number of methoxy groups -OCH3 is 1. The van der Waals surface area contributed by atoms with Gasteiger partial charge in [-0.15, -0.1) is 0 Å². The van der Waals surface area contributed by atoms with Crippen LogP contribution in [0.1, 0.15) is 45.2 Å². The lowest BCUT2D eigenvalue weighted by Crippen LogP contribution is -2.60. The molecule has 13 heteroatoms. The molecule has 43 heavy (non-hydrogen) atoms. The van der Waals surface area contributed by atoms with E-state index in [9.17, 15) is 32.8 Å². The van der Waals surface area contributed by atoms with Crippen LogP contribution in [0.4, 0.5) is 17.6 Å². The van der Waals surface area contributed by atoms with Crippen molar-refractivity contribution >= 4 is 28.5 Å². The van der Waals surface area contributed by atoms with E-state index in [4.69, 9.17) is 4.74 Å². The molecule has 1 aromatic carbocycles. The van der Waals surface area contributed by atoms with Crippen LogP contribution < -0.4 is 15.4 Å².